The standard InChI is InChI=1S/C27H34N8O2/c1-18(30-32-26(28)34-8-12-36-13-9-34)20-6-7-23-21(16-20)17-25-22(4-3-5-24(23)25)19(2)31-33-27(29)35-10-14-37-15-11-35/h3-7,16H,8-15,17H2,1-2H3,(H2,28,32)(H2,29,33)/b30-18+,31-19+. The van der Waals surface area contributed by atoms with Crippen molar-refractivity contribution in [3.63, 3.8) is 0 Å². The molecule has 0 atom stereocenters. The normalized spacial score (nSPS) is 19.2. The molecule has 2 fully saturated rings. The van der Waals surface area contributed by atoms with Crippen molar-refractivity contribution in [3.05, 3.63) is 58.7 Å². The molecule has 194 valence electrons. The van der Waals surface area contributed by atoms with E-state index in [2.05, 4.69) is 56.8 Å². The highest BCUT2D eigenvalue weighted by Crippen LogP contribution is 2.39. The summed E-state index contributed by atoms with van der Waals surface area (Å²) in [7, 11) is 0. The van der Waals surface area contributed by atoms with E-state index in [0.717, 1.165) is 55.2 Å². The summed E-state index contributed by atoms with van der Waals surface area (Å²) in [4.78, 5) is 3.99. The minimum Gasteiger partial charge on any atom is -0.378 e. The molecule has 2 aromatic rings. The topological polar surface area (TPSA) is 126 Å². The molecule has 3 aliphatic rings. The number of nitrogens with zero attached hydrogens (tertiary/aromatic N) is 6. The van der Waals surface area contributed by atoms with Crippen LogP contribution in [0.5, 0.6) is 0 Å². The molecular weight excluding hydrogens is 468 g/mol. The second-order valence-corrected chi connectivity index (χ2v) is 9.37. The Morgan fingerprint density at radius 1 is 0.730 bits per heavy atom. The Balaban J connectivity index is 1.34. The fourth-order valence-electron chi connectivity index (χ4n) is 4.86. The first-order chi connectivity index (χ1) is 18.0. The molecule has 5 rings (SSSR count). The molecular formula is C27H34N8O2. The zero-order valence-electron chi connectivity index (χ0n) is 21.5. The lowest BCUT2D eigenvalue weighted by Gasteiger charge is -2.26. The number of fused-ring (bicyclic) bond motifs is 3. The van der Waals surface area contributed by atoms with Crippen LogP contribution in [0.25, 0.3) is 11.1 Å². The van der Waals surface area contributed by atoms with E-state index in [1.165, 1.54) is 22.3 Å². The van der Waals surface area contributed by atoms with Gasteiger partial charge in [0, 0.05) is 31.7 Å². The predicted molar refractivity (Wildman–Crippen MR) is 147 cm³/mol. The summed E-state index contributed by atoms with van der Waals surface area (Å²) in [6.45, 7) is 9.49. The molecule has 2 aromatic carbocycles. The van der Waals surface area contributed by atoms with Crippen LogP contribution in [0.4, 0.5) is 0 Å². The van der Waals surface area contributed by atoms with E-state index in [-0.39, 0.29) is 0 Å². The van der Waals surface area contributed by atoms with Gasteiger partial charge in [-0.25, -0.2) is 0 Å². The van der Waals surface area contributed by atoms with Gasteiger partial charge in [-0.15, -0.1) is 10.2 Å². The maximum absolute atomic E-state index is 6.16. The number of hydrogen-bond acceptors (Lipinski definition) is 6. The van der Waals surface area contributed by atoms with Crippen LogP contribution >= 0.6 is 0 Å². The lowest BCUT2D eigenvalue weighted by atomic mass is 9.98. The summed E-state index contributed by atoms with van der Waals surface area (Å²) in [5, 5.41) is 17.5. The van der Waals surface area contributed by atoms with Gasteiger partial charge in [-0.2, -0.15) is 10.2 Å². The van der Waals surface area contributed by atoms with Crippen molar-refractivity contribution in [2.75, 3.05) is 52.6 Å². The molecule has 2 heterocycles. The molecule has 0 aromatic heterocycles. The highest BCUT2D eigenvalue weighted by atomic mass is 16.5. The number of benzene rings is 2. The Morgan fingerprint density at radius 3 is 1.95 bits per heavy atom. The Labute approximate surface area is 217 Å². The van der Waals surface area contributed by atoms with Crippen LogP contribution in [-0.4, -0.2) is 85.7 Å². The molecule has 37 heavy (non-hydrogen) atoms. The molecule has 1 aliphatic carbocycles. The maximum atomic E-state index is 6.16. The molecule has 10 heteroatoms. The number of guanidine groups is 2. The van der Waals surface area contributed by atoms with Gasteiger partial charge in [0.15, 0.2) is 0 Å². The summed E-state index contributed by atoms with van der Waals surface area (Å²) in [5.41, 5.74) is 21.0. The van der Waals surface area contributed by atoms with Crippen molar-refractivity contribution in [1.29, 1.82) is 0 Å². The van der Waals surface area contributed by atoms with E-state index >= 15 is 0 Å². The van der Waals surface area contributed by atoms with Gasteiger partial charge in [-0.1, -0.05) is 30.3 Å². The van der Waals surface area contributed by atoms with Crippen LogP contribution in [0.3, 0.4) is 0 Å². The van der Waals surface area contributed by atoms with Crippen molar-refractivity contribution in [2.45, 2.75) is 20.3 Å². The van der Waals surface area contributed by atoms with Gasteiger partial charge >= 0.3 is 0 Å². The fraction of sp³-hybridized carbons (Fsp3) is 0.407. The van der Waals surface area contributed by atoms with Crippen molar-refractivity contribution in [2.24, 2.45) is 31.9 Å². The highest BCUT2D eigenvalue weighted by molar-refractivity contribution is 6.04. The van der Waals surface area contributed by atoms with Crippen molar-refractivity contribution >= 4 is 23.3 Å². The molecule has 2 saturated heterocycles. The predicted octanol–water partition coefficient (Wildman–Crippen LogP) is 2.00. The number of hydrogen-bond donors (Lipinski definition) is 2. The minimum absolute atomic E-state index is 0.424. The van der Waals surface area contributed by atoms with Crippen LogP contribution in [0.15, 0.2) is 56.8 Å². The van der Waals surface area contributed by atoms with Crippen LogP contribution < -0.4 is 11.5 Å². The van der Waals surface area contributed by atoms with Crippen LogP contribution in [0, 0.1) is 0 Å². The fourth-order valence-corrected chi connectivity index (χ4v) is 4.86. The van der Waals surface area contributed by atoms with E-state index < -0.39 is 0 Å². The monoisotopic (exact) mass is 502 g/mol. The molecule has 0 bridgehead atoms. The van der Waals surface area contributed by atoms with Gasteiger partial charge in [-0.05, 0) is 54.2 Å². The Kier molecular flexibility index (Phi) is 7.47. The molecule has 0 radical (unpaired) electrons. The highest BCUT2D eigenvalue weighted by Gasteiger charge is 2.23. The molecule has 0 amide bonds. The molecule has 4 N–H and O–H groups in total. The quantitative estimate of drug-likeness (QED) is 0.319. The number of rotatable bonds is 4. The first kappa shape index (κ1) is 24.9. The summed E-state index contributed by atoms with van der Waals surface area (Å²) in [5.74, 6) is 0.849. The largest absolute Gasteiger partial charge is 0.378 e. The van der Waals surface area contributed by atoms with E-state index in [0.29, 0.717) is 38.3 Å². The second-order valence-electron chi connectivity index (χ2n) is 9.37. The number of nitrogens with two attached hydrogens (primary N) is 2. The Hall–Kier alpha value is -3.76. The minimum atomic E-state index is 0.424. The summed E-state index contributed by atoms with van der Waals surface area (Å²) < 4.78 is 10.8. The SMILES string of the molecule is C/C(=N\N=C(/N)N1CCOCC1)c1ccc2c(c1)Cc1c(/C(C)=N/N=C(\N)N3CCOCC3)cccc1-2. The summed E-state index contributed by atoms with van der Waals surface area (Å²) in [6.07, 6.45) is 0.816. The van der Waals surface area contributed by atoms with Gasteiger partial charge in [-0.3, -0.25) is 0 Å². The average Bonchev–Trinajstić information content (AvgIpc) is 3.33. The second kappa shape index (κ2) is 11.1. The van der Waals surface area contributed by atoms with Crippen molar-refractivity contribution in [1.82, 2.24) is 9.80 Å². The zero-order valence-corrected chi connectivity index (χ0v) is 21.5. The molecule has 0 unspecified atom stereocenters. The third-order valence-electron chi connectivity index (χ3n) is 7.02. The van der Waals surface area contributed by atoms with Crippen LogP contribution in [0.2, 0.25) is 0 Å². The molecule has 0 saturated carbocycles. The van der Waals surface area contributed by atoms with Crippen LogP contribution in [0.1, 0.15) is 36.1 Å². The van der Waals surface area contributed by atoms with Gasteiger partial charge < -0.3 is 30.7 Å². The van der Waals surface area contributed by atoms with Gasteiger partial charge in [0.25, 0.3) is 0 Å². The lowest BCUT2D eigenvalue weighted by Crippen LogP contribution is -2.44. The van der Waals surface area contributed by atoms with Crippen LogP contribution in [-0.2, 0) is 15.9 Å². The molecule has 10 nitrogen and oxygen atoms in total. The number of morpholine rings is 2. The van der Waals surface area contributed by atoms with Gasteiger partial charge in [0.2, 0.25) is 11.9 Å². The van der Waals surface area contributed by atoms with Gasteiger partial charge in [0.05, 0.1) is 37.9 Å². The van der Waals surface area contributed by atoms with E-state index in [4.69, 9.17) is 20.9 Å². The zero-order chi connectivity index (χ0) is 25.8. The Bertz CT molecular complexity index is 1270. The van der Waals surface area contributed by atoms with Crippen molar-refractivity contribution in [3.8, 4) is 11.1 Å². The van der Waals surface area contributed by atoms with Gasteiger partial charge in [0.1, 0.15) is 0 Å². The first-order valence-corrected chi connectivity index (χ1v) is 12.7. The summed E-state index contributed by atoms with van der Waals surface area (Å²) >= 11 is 0. The van der Waals surface area contributed by atoms with E-state index in [1.54, 1.807) is 0 Å². The summed E-state index contributed by atoms with van der Waals surface area (Å²) in [6, 6.07) is 12.8. The third-order valence-corrected chi connectivity index (χ3v) is 7.02. The van der Waals surface area contributed by atoms with E-state index in [1.807, 2.05) is 23.6 Å². The van der Waals surface area contributed by atoms with Crippen molar-refractivity contribution < 1.29 is 9.47 Å². The first-order valence-electron chi connectivity index (χ1n) is 12.7. The Morgan fingerprint density at radius 2 is 1.32 bits per heavy atom. The maximum Gasteiger partial charge on any atom is 0.216 e. The smallest absolute Gasteiger partial charge is 0.216 e. The lowest BCUT2D eigenvalue weighted by molar-refractivity contribution is 0.0674. The third kappa shape index (κ3) is 5.50. The van der Waals surface area contributed by atoms with E-state index in [9.17, 15) is 0 Å². The molecule has 0 spiro atoms. The average molecular weight is 503 g/mol. The molecule has 2 aliphatic heterocycles. The number of ether oxygens (including phenoxy) is 2.